The van der Waals surface area contributed by atoms with Gasteiger partial charge >= 0.3 is 6.09 Å². The minimum absolute atomic E-state index is 0.0248. The van der Waals surface area contributed by atoms with Gasteiger partial charge in [0.15, 0.2) is 0 Å². The minimum atomic E-state index is -0.460. The molecule has 0 aliphatic carbocycles. The van der Waals surface area contributed by atoms with Crippen LogP contribution in [0.3, 0.4) is 0 Å². The predicted octanol–water partition coefficient (Wildman–Crippen LogP) is 7.10. The average Bonchev–Trinajstić information content (AvgIpc) is 2.62. The van der Waals surface area contributed by atoms with Crippen molar-refractivity contribution in [3.63, 3.8) is 0 Å². The molecule has 4 heteroatoms. The molecule has 1 atom stereocenters. The Labute approximate surface area is 175 Å². The number of carbonyl (C=O) groups excluding carboxylic acids is 1. The fraction of sp³-hybridized carbons (Fsp3) is 0.958. The second-order valence-electron chi connectivity index (χ2n) is 9.32. The molecular formula is C24H50N2O2. The molecule has 0 heterocycles. The highest BCUT2D eigenvalue weighted by Gasteiger charge is 2.18. The van der Waals surface area contributed by atoms with Gasteiger partial charge in [0, 0.05) is 12.6 Å². The molecule has 0 aromatic carbocycles. The standard InChI is InChI=1S/C24H50N2O2/c1-5-6-7-8-9-10-11-12-13-14-15-16-17-18-19-20-22(21-25)26-23(27)28-24(2,3)4/h22H,5-21,25H2,1-4H3,(H,26,27). The molecule has 0 aromatic rings. The molecule has 0 fully saturated rings. The summed E-state index contributed by atoms with van der Waals surface area (Å²) in [7, 11) is 0. The summed E-state index contributed by atoms with van der Waals surface area (Å²) in [5.74, 6) is 0. The zero-order chi connectivity index (χ0) is 21.1. The Morgan fingerprint density at radius 1 is 0.786 bits per heavy atom. The summed E-state index contributed by atoms with van der Waals surface area (Å²) in [4.78, 5) is 11.8. The van der Waals surface area contributed by atoms with Crippen LogP contribution in [0.15, 0.2) is 0 Å². The summed E-state index contributed by atoms with van der Waals surface area (Å²) in [5, 5.41) is 2.89. The summed E-state index contributed by atoms with van der Waals surface area (Å²) in [6, 6.07) is 0.0248. The van der Waals surface area contributed by atoms with Crippen LogP contribution < -0.4 is 11.1 Å². The smallest absolute Gasteiger partial charge is 0.407 e. The third-order valence-electron chi connectivity index (χ3n) is 5.16. The normalized spacial score (nSPS) is 12.8. The van der Waals surface area contributed by atoms with Crippen molar-refractivity contribution in [3.8, 4) is 0 Å². The molecule has 0 saturated heterocycles. The van der Waals surface area contributed by atoms with E-state index in [1.165, 1.54) is 89.9 Å². The first-order valence-corrected chi connectivity index (χ1v) is 12.1. The average molecular weight is 399 g/mol. The van der Waals surface area contributed by atoms with Gasteiger partial charge in [-0.2, -0.15) is 0 Å². The van der Waals surface area contributed by atoms with Crippen molar-refractivity contribution in [2.24, 2.45) is 5.73 Å². The SMILES string of the molecule is CCCCCCCCCCCCCCCCCC(CN)NC(=O)OC(C)(C)C. The number of unbranched alkanes of at least 4 members (excludes halogenated alkanes) is 14. The number of hydrogen-bond donors (Lipinski definition) is 2. The predicted molar refractivity (Wildman–Crippen MR) is 122 cm³/mol. The Hall–Kier alpha value is -0.770. The van der Waals surface area contributed by atoms with Crippen LogP contribution in [0.25, 0.3) is 0 Å². The van der Waals surface area contributed by atoms with Crippen molar-refractivity contribution in [1.82, 2.24) is 5.32 Å². The van der Waals surface area contributed by atoms with E-state index in [1.54, 1.807) is 0 Å². The van der Waals surface area contributed by atoms with Crippen LogP contribution in [0.4, 0.5) is 4.79 Å². The van der Waals surface area contributed by atoms with Crippen molar-refractivity contribution in [1.29, 1.82) is 0 Å². The van der Waals surface area contributed by atoms with Crippen LogP contribution in [-0.2, 0) is 4.74 Å². The number of alkyl carbamates (subject to hydrolysis) is 1. The van der Waals surface area contributed by atoms with Crippen molar-refractivity contribution in [3.05, 3.63) is 0 Å². The molecule has 0 aromatic heterocycles. The molecule has 0 spiro atoms. The Balaban J connectivity index is 3.40. The van der Waals surface area contributed by atoms with Crippen molar-refractivity contribution in [2.75, 3.05) is 6.54 Å². The van der Waals surface area contributed by atoms with E-state index < -0.39 is 5.60 Å². The number of nitrogens with one attached hydrogen (secondary N) is 1. The number of ether oxygens (including phenoxy) is 1. The lowest BCUT2D eigenvalue weighted by Gasteiger charge is -2.23. The molecule has 0 aliphatic heterocycles. The molecule has 1 unspecified atom stereocenters. The fourth-order valence-corrected chi connectivity index (χ4v) is 3.49. The topological polar surface area (TPSA) is 64.3 Å². The lowest BCUT2D eigenvalue weighted by molar-refractivity contribution is 0.0503. The van der Waals surface area contributed by atoms with E-state index in [0.717, 1.165) is 12.8 Å². The second-order valence-corrected chi connectivity index (χ2v) is 9.32. The highest BCUT2D eigenvalue weighted by molar-refractivity contribution is 5.68. The molecule has 3 N–H and O–H groups in total. The summed E-state index contributed by atoms with van der Waals surface area (Å²) in [6.07, 6.45) is 21.1. The summed E-state index contributed by atoms with van der Waals surface area (Å²) in [6.45, 7) is 8.37. The maximum absolute atomic E-state index is 11.8. The first kappa shape index (κ1) is 27.2. The lowest BCUT2D eigenvalue weighted by Crippen LogP contribution is -2.42. The van der Waals surface area contributed by atoms with Crippen molar-refractivity contribution < 1.29 is 9.53 Å². The van der Waals surface area contributed by atoms with Gasteiger partial charge in [0.05, 0.1) is 0 Å². The summed E-state index contributed by atoms with van der Waals surface area (Å²) in [5.41, 5.74) is 5.31. The summed E-state index contributed by atoms with van der Waals surface area (Å²) < 4.78 is 5.29. The van der Waals surface area contributed by atoms with E-state index in [2.05, 4.69) is 12.2 Å². The third kappa shape index (κ3) is 20.0. The third-order valence-corrected chi connectivity index (χ3v) is 5.16. The van der Waals surface area contributed by atoms with Gasteiger partial charge in [-0.05, 0) is 27.2 Å². The highest BCUT2D eigenvalue weighted by Crippen LogP contribution is 2.14. The fourth-order valence-electron chi connectivity index (χ4n) is 3.49. The van der Waals surface area contributed by atoms with Gasteiger partial charge in [-0.3, -0.25) is 0 Å². The van der Waals surface area contributed by atoms with Gasteiger partial charge in [-0.15, -0.1) is 0 Å². The number of amides is 1. The molecule has 28 heavy (non-hydrogen) atoms. The molecule has 1 amide bonds. The van der Waals surface area contributed by atoms with E-state index >= 15 is 0 Å². The maximum atomic E-state index is 11.8. The molecule has 0 saturated carbocycles. The molecule has 4 nitrogen and oxygen atoms in total. The first-order valence-electron chi connectivity index (χ1n) is 12.1. The molecule has 0 radical (unpaired) electrons. The van der Waals surface area contributed by atoms with E-state index in [0.29, 0.717) is 6.54 Å². The molecular weight excluding hydrogens is 348 g/mol. The van der Waals surface area contributed by atoms with Crippen LogP contribution in [0, 0.1) is 0 Å². The summed E-state index contributed by atoms with van der Waals surface area (Å²) >= 11 is 0. The van der Waals surface area contributed by atoms with E-state index in [9.17, 15) is 4.79 Å². The van der Waals surface area contributed by atoms with Crippen molar-refractivity contribution >= 4 is 6.09 Å². The molecule has 0 rings (SSSR count). The van der Waals surface area contributed by atoms with Crippen molar-refractivity contribution in [2.45, 2.75) is 142 Å². The number of carbonyl (C=O) groups is 1. The Morgan fingerprint density at radius 2 is 1.18 bits per heavy atom. The first-order chi connectivity index (χ1) is 13.4. The van der Waals surface area contributed by atoms with Gasteiger partial charge in [0.2, 0.25) is 0 Å². The largest absolute Gasteiger partial charge is 0.444 e. The number of rotatable bonds is 18. The Bertz CT molecular complexity index is 353. The van der Waals surface area contributed by atoms with Crippen LogP contribution in [0.1, 0.15) is 130 Å². The van der Waals surface area contributed by atoms with Gasteiger partial charge in [-0.1, -0.05) is 103 Å². The van der Waals surface area contributed by atoms with Gasteiger partial charge in [0.25, 0.3) is 0 Å². The van der Waals surface area contributed by atoms with Crippen LogP contribution >= 0.6 is 0 Å². The minimum Gasteiger partial charge on any atom is -0.444 e. The Kier molecular flexibility index (Phi) is 17.8. The maximum Gasteiger partial charge on any atom is 0.407 e. The second kappa shape index (κ2) is 18.3. The molecule has 0 bridgehead atoms. The van der Waals surface area contributed by atoms with E-state index in [-0.39, 0.29) is 12.1 Å². The van der Waals surface area contributed by atoms with Crippen LogP contribution in [0.2, 0.25) is 0 Å². The Morgan fingerprint density at radius 3 is 1.54 bits per heavy atom. The van der Waals surface area contributed by atoms with E-state index in [4.69, 9.17) is 10.5 Å². The molecule has 0 aliphatic rings. The van der Waals surface area contributed by atoms with Gasteiger partial charge in [-0.25, -0.2) is 4.79 Å². The zero-order valence-electron chi connectivity index (χ0n) is 19.5. The van der Waals surface area contributed by atoms with Crippen LogP contribution in [-0.4, -0.2) is 24.3 Å². The monoisotopic (exact) mass is 398 g/mol. The highest BCUT2D eigenvalue weighted by atomic mass is 16.6. The quantitative estimate of drug-likeness (QED) is 0.242. The number of nitrogens with two attached hydrogens (primary N) is 1. The number of hydrogen-bond acceptors (Lipinski definition) is 3. The van der Waals surface area contributed by atoms with Gasteiger partial charge in [0.1, 0.15) is 5.60 Å². The zero-order valence-corrected chi connectivity index (χ0v) is 19.5. The van der Waals surface area contributed by atoms with Gasteiger partial charge < -0.3 is 15.8 Å². The van der Waals surface area contributed by atoms with Crippen LogP contribution in [0.5, 0.6) is 0 Å². The van der Waals surface area contributed by atoms with E-state index in [1.807, 2.05) is 20.8 Å². The molecule has 168 valence electrons. The lowest BCUT2D eigenvalue weighted by atomic mass is 10.0.